The lowest BCUT2D eigenvalue weighted by Crippen LogP contribution is -2.21. The van der Waals surface area contributed by atoms with Gasteiger partial charge in [0, 0.05) is 10.6 Å². The van der Waals surface area contributed by atoms with Crippen LogP contribution in [-0.4, -0.2) is 20.7 Å². The molecule has 0 aliphatic heterocycles. The van der Waals surface area contributed by atoms with E-state index in [1.165, 1.54) is 37.7 Å². The lowest BCUT2D eigenvalue weighted by Gasteiger charge is -2.38. The van der Waals surface area contributed by atoms with Crippen molar-refractivity contribution in [1.82, 2.24) is 0 Å². The Balaban J connectivity index is 1.92. The number of unbranched alkanes of at least 4 members (excludes halogenated alkanes) is 1. The fourth-order valence-electron chi connectivity index (χ4n) is 5.04. The van der Waals surface area contributed by atoms with Gasteiger partial charge in [0.25, 0.3) is 10.0 Å². The highest BCUT2D eigenvalue weighted by molar-refractivity contribution is 8.41. The Morgan fingerprint density at radius 3 is 1.89 bits per heavy atom. The van der Waals surface area contributed by atoms with Crippen molar-refractivity contribution in [2.45, 2.75) is 68.8 Å². The molecule has 3 aromatic rings. The minimum Gasteiger partial charge on any atom is -0.199 e. The summed E-state index contributed by atoms with van der Waals surface area (Å²) >= 11 is 0. The molecule has 0 radical (unpaired) electrons. The van der Waals surface area contributed by atoms with E-state index in [0.29, 0.717) is 10.6 Å². The Labute approximate surface area is 213 Å². The maximum absolute atomic E-state index is 14.0. The first kappa shape index (κ1) is 26.3. The zero-order valence-corrected chi connectivity index (χ0v) is 23.5. The zero-order chi connectivity index (χ0) is 24.7. The Morgan fingerprint density at radius 1 is 0.829 bits per heavy atom. The molecule has 0 N–H and O–H groups in total. The molecule has 1 aliphatic rings. The fourth-order valence-corrected chi connectivity index (χ4v) is 19.1. The van der Waals surface area contributed by atoms with Gasteiger partial charge in [-0.25, -0.2) is 0 Å². The summed E-state index contributed by atoms with van der Waals surface area (Å²) in [6, 6.07) is 28.0. The van der Waals surface area contributed by atoms with Gasteiger partial charge in [-0.1, -0.05) is 113 Å². The Morgan fingerprint density at radius 2 is 1.37 bits per heavy atom. The summed E-state index contributed by atoms with van der Waals surface area (Å²) in [7, 11) is -4.55. The molecule has 0 saturated heterocycles. The second kappa shape index (κ2) is 12.0. The van der Waals surface area contributed by atoms with Crippen LogP contribution < -0.4 is 10.6 Å². The molecule has 0 bridgehead atoms. The van der Waals surface area contributed by atoms with Crippen LogP contribution in [0, 0.1) is 0 Å². The van der Waals surface area contributed by atoms with E-state index in [2.05, 4.69) is 37.9 Å². The van der Waals surface area contributed by atoms with E-state index < -0.39 is 24.4 Å². The van der Waals surface area contributed by atoms with Gasteiger partial charge in [-0.3, -0.25) is 0 Å². The molecular weight excluding hydrogens is 488 g/mol. The molecule has 6 heteroatoms. The molecule has 0 amide bonds. The molecule has 0 aromatic heterocycles. The number of nitrogens with zero attached hydrogens (tertiary/aromatic N) is 1. The molecule has 1 aliphatic carbocycles. The first-order chi connectivity index (χ1) is 17.0. The monoisotopic (exact) mass is 525 g/mol. The highest BCUT2D eigenvalue weighted by Gasteiger charge is 2.38. The molecule has 3 aromatic carbocycles. The SMILES string of the molecule is CCCCc1ccc(S(=O)(=O)N=P(c2ccccc2)(c2ccccc2)P(C)C2CCCCC2)cc1. The van der Waals surface area contributed by atoms with Crippen molar-refractivity contribution in [2.75, 3.05) is 6.66 Å². The first-order valence-corrected chi connectivity index (χ1v) is 18.5. The van der Waals surface area contributed by atoms with Crippen LogP contribution in [0.25, 0.3) is 0 Å². The van der Waals surface area contributed by atoms with E-state index >= 15 is 0 Å². The van der Waals surface area contributed by atoms with Gasteiger partial charge in [0.1, 0.15) is 0 Å². The first-order valence-electron chi connectivity index (χ1n) is 12.8. The summed E-state index contributed by atoms with van der Waals surface area (Å²) in [5.41, 5.74) is 1.71. The fraction of sp³-hybridized carbons (Fsp3) is 0.379. The van der Waals surface area contributed by atoms with E-state index in [1.807, 2.05) is 48.5 Å². The Bertz CT molecular complexity index is 1190. The second-order valence-corrected chi connectivity index (χ2v) is 19.3. The van der Waals surface area contributed by atoms with Gasteiger partial charge < -0.3 is 0 Å². The molecule has 186 valence electrons. The Hall–Kier alpha value is -1.73. The van der Waals surface area contributed by atoms with E-state index in [0.717, 1.165) is 29.9 Å². The number of aryl methyl sites for hydroxylation is 1. The van der Waals surface area contributed by atoms with Gasteiger partial charge in [0.15, 0.2) is 0 Å². The average Bonchev–Trinajstić information content (AvgIpc) is 2.92. The standard InChI is InChI=1S/C29H37NO2P2S/c1-3-4-14-25-21-23-29(24-22-25)35(31,32)30-34(27-17-10-6-11-18-27,28-19-12-7-13-20-28)33(2)26-15-8-5-9-16-26/h6-7,10-13,17-24,26H,3-5,8-9,14-16H2,1-2H3. The third kappa shape index (κ3) is 5.99. The van der Waals surface area contributed by atoms with E-state index in [-0.39, 0.29) is 0 Å². The van der Waals surface area contributed by atoms with Crippen LogP contribution in [0.15, 0.2) is 94.0 Å². The van der Waals surface area contributed by atoms with Gasteiger partial charge in [0.05, 0.1) is 11.6 Å². The molecule has 0 spiro atoms. The van der Waals surface area contributed by atoms with E-state index in [1.54, 1.807) is 12.1 Å². The average molecular weight is 526 g/mol. The number of sulfonamides is 1. The summed E-state index contributed by atoms with van der Waals surface area (Å²) < 4.78 is 33.0. The second-order valence-electron chi connectivity index (χ2n) is 9.44. The molecule has 35 heavy (non-hydrogen) atoms. The largest absolute Gasteiger partial charge is 0.281 e. The summed E-state index contributed by atoms with van der Waals surface area (Å²) in [5.74, 6) is 0. The van der Waals surface area contributed by atoms with Gasteiger partial charge in [0.2, 0.25) is 0 Å². The van der Waals surface area contributed by atoms with Crippen molar-refractivity contribution in [3.63, 3.8) is 0 Å². The number of hydrogen-bond acceptors (Lipinski definition) is 2. The van der Waals surface area contributed by atoms with Crippen LogP contribution in [0.4, 0.5) is 0 Å². The summed E-state index contributed by atoms with van der Waals surface area (Å²) in [6.45, 7) is 1.92. The van der Waals surface area contributed by atoms with Gasteiger partial charge in [-0.15, -0.1) is 0 Å². The van der Waals surface area contributed by atoms with Crippen molar-refractivity contribution in [3.05, 3.63) is 90.5 Å². The molecule has 1 unspecified atom stereocenters. The summed E-state index contributed by atoms with van der Waals surface area (Å²) in [5, 5.41) is 2.15. The zero-order valence-electron chi connectivity index (χ0n) is 20.9. The van der Waals surface area contributed by atoms with Crippen molar-refractivity contribution in [2.24, 2.45) is 4.15 Å². The van der Waals surface area contributed by atoms with Crippen LogP contribution in [0.5, 0.6) is 0 Å². The summed E-state index contributed by atoms with van der Waals surface area (Å²) in [6.07, 6.45) is 9.28. The van der Waals surface area contributed by atoms with Crippen molar-refractivity contribution >= 4 is 35.0 Å². The van der Waals surface area contributed by atoms with Crippen molar-refractivity contribution in [3.8, 4) is 0 Å². The van der Waals surface area contributed by atoms with Gasteiger partial charge >= 0.3 is 0 Å². The highest BCUT2D eigenvalue weighted by Crippen LogP contribution is 2.78. The molecule has 3 nitrogen and oxygen atoms in total. The highest BCUT2D eigenvalue weighted by atomic mass is 32.2. The maximum Gasteiger partial charge on any atom is 0.281 e. The number of rotatable bonds is 9. The minimum atomic E-state index is -3.84. The van der Waals surface area contributed by atoms with Crippen LogP contribution in [0.1, 0.15) is 57.4 Å². The van der Waals surface area contributed by atoms with Crippen molar-refractivity contribution < 1.29 is 8.42 Å². The normalized spacial score (nSPS) is 16.1. The Kier molecular flexibility index (Phi) is 9.03. The minimum absolute atomic E-state index is 0.307. The third-order valence-corrected chi connectivity index (χ3v) is 20.0. The topological polar surface area (TPSA) is 46.5 Å². The van der Waals surface area contributed by atoms with Gasteiger partial charge in [-0.2, -0.15) is 12.6 Å². The molecular formula is C29H37NO2P2S. The van der Waals surface area contributed by atoms with E-state index in [4.69, 9.17) is 4.15 Å². The van der Waals surface area contributed by atoms with Gasteiger partial charge in [-0.05, 0) is 55.7 Å². The molecule has 1 fully saturated rings. The predicted octanol–water partition coefficient (Wildman–Crippen LogP) is 7.93. The quantitative estimate of drug-likeness (QED) is 0.266. The third-order valence-electron chi connectivity index (χ3n) is 7.06. The van der Waals surface area contributed by atoms with Crippen LogP contribution >= 0.6 is 14.4 Å². The van der Waals surface area contributed by atoms with Crippen LogP contribution in [0.2, 0.25) is 0 Å². The number of hydrogen-bond donors (Lipinski definition) is 0. The molecule has 1 atom stereocenters. The molecule has 1 saturated carbocycles. The predicted molar refractivity (Wildman–Crippen MR) is 153 cm³/mol. The van der Waals surface area contributed by atoms with Crippen LogP contribution in [0.3, 0.4) is 0 Å². The molecule has 4 rings (SSSR count). The van der Waals surface area contributed by atoms with Crippen molar-refractivity contribution in [1.29, 1.82) is 0 Å². The number of benzene rings is 3. The van der Waals surface area contributed by atoms with E-state index in [9.17, 15) is 8.42 Å². The maximum atomic E-state index is 14.0. The lowest BCUT2D eigenvalue weighted by molar-refractivity contribution is 0.513. The summed E-state index contributed by atoms with van der Waals surface area (Å²) in [4.78, 5) is 0.307. The van der Waals surface area contributed by atoms with Crippen LogP contribution in [-0.2, 0) is 16.4 Å². The smallest absolute Gasteiger partial charge is 0.199 e. The molecule has 0 heterocycles. The lowest BCUT2D eigenvalue weighted by atomic mass is 10.0.